The van der Waals surface area contributed by atoms with Gasteiger partial charge in [0.25, 0.3) is 5.91 Å². The Hall–Kier alpha value is -3.23. The molecule has 0 saturated carbocycles. The standard InChI is InChI=1S/C12H12N8O/c1-19-11(10(13)6-15-19)12(21)16-8-2-4-9(5-3-8)20-7-14-17-18-20/h2-7H,13H2,1H3,(H,16,21). The van der Waals surface area contributed by atoms with Crippen LogP contribution in [0.2, 0.25) is 0 Å². The summed E-state index contributed by atoms with van der Waals surface area (Å²) in [5, 5.41) is 17.6. The molecule has 0 aliphatic rings. The van der Waals surface area contributed by atoms with E-state index in [0.717, 1.165) is 5.69 Å². The first kappa shape index (κ1) is 12.8. The fourth-order valence-electron chi connectivity index (χ4n) is 1.90. The zero-order valence-electron chi connectivity index (χ0n) is 11.1. The van der Waals surface area contributed by atoms with Crippen LogP contribution in [0.15, 0.2) is 36.8 Å². The third-order valence-electron chi connectivity index (χ3n) is 2.92. The largest absolute Gasteiger partial charge is 0.396 e. The molecule has 2 aromatic heterocycles. The summed E-state index contributed by atoms with van der Waals surface area (Å²) >= 11 is 0. The number of rotatable bonds is 3. The number of carbonyl (C=O) groups excluding carboxylic acids is 1. The summed E-state index contributed by atoms with van der Waals surface area (Å²) in [5.74, 6) is -0.317. The van der Waals surface area contributed by atoms with Gasteiger partial charge < -0.3 is 11.1 Å². The maximum Gasteiger partial charge on any atom is 0.276 e. The summed E-state index contributed by atoms with van der Waals surface area (Å²) in [6.07, 6.45) is 2.93. The van der Waals surface area contributed by atoms with Gasteiger partial charge in [-0.2, -0.15) is 5.10 Å². The highest BCUT2D eigenvalue weighted by Crippen LogP contribution is 2.15. The van der Waals surface area contributed by atoms with Crippen molar-refractivity contribution in [2.75, 3.05) is 11.1 Å². The third kappa shape index (κ3) is 2.43. The van der Waals surface area contributed by atoms with Gasteiger partial charge >= 0.3 is 0 Å². The van der Waals surface area contributed by atoms with Crippen LogP contribution < -0.4 is 11.1 Å². The van der Waals surface area contributed by atoms with Crippen LogP contribution in [0.4, 0.5) is 11.4 Å². The molecule has 1 aromatic carbocycles. The van der Waals surface area contributed by atoms with E-state index < -0.39 is 0 Å². The molecular weight excluding hydrogens is 272 g/mol. The van der Waals surface area contributed by atoms with Crippen molar-refractivity contribution in [1.82, 2.24) is 30.0 Å². The summed E-state index contributed by atoms with van der Waals surface area (Å²) in [4.78, 5) is 12.1. The average Bonchev–Trinajstić information content (AvgIpc) is 3.10. The van der Waals surface area contributed by atoms with Crippen LogP contribution in [0, 0.1) is 0 Å². The molecule has 9 nitrogen and oxygen atoms in total. The Morgan fingerprint density at radius 1 is 1.29 bits per heavy atom. The number of carbonyl (C=O) groups is 1. The number of aromatic nitrogens is 6. The molecule has 106 valence electrons. The highest BCUT2D eigenvalue weighted by molar-refractivity contribution is 6.06. The highest BCUT2D eigenvalue weighted by atomic mass is 16.2. The first-order valence-electron chi connectivity index (χ1n) is 6.07. The number of nitrogen functional groups attached to an aromatic ring is 1. The predicted molar refractivity (Wildman–Crippen MR) is 74.7 cm³/mol. The molecule has 0 saturated heterocycles. The first-order chi connectivity index (χ1) is 10.1. The quantitative estimate of drug-likeness (QED) is 0.711. The normalized spacial score (nSPS) is 10.5. The van der Waals surface area contributed by atoms with E-state index in [4.69, 9.17) is 5.73 Å². The Bertz CT molecular complexity index is 740. The van der Waals surface area contributed by atoms with Gasteiger partial charge in [-0.25, -0.2) is 4.68 Å². The van der Waals surface area contributed by atoms with Crippen molar-refractivity contribution in [3.63, 3.8) is 0 Å². The molecular formula is C12H12N8O. The number of hydrogen-bond acceptors (Lipinski definition) is 6. The van der Waals surface area contributed by atoms with Gasteiger partial charge in [0.2, 0.25) is 0 Å². The Labute approximate surface area is 119 Å². The number of anilines is 2. The van der Waals surface area contributed by atoms with Gasteiger partial charge in [-0.15, -0.1) is 5.10 Å². The van der Waals surface area contributed by atoms with Gasteiger partial charge in [-0.1, -0.05) is 0 Å². The van der Waals surface area contributed by atoms with E-state index in [-0.39, 0.29) is 5.91 Å². The van der Waals surface area contributed by atoms with Crippen LogP contribution in [0.3, 0.4) is 0 Å². The summed E-state index contributed by atoms with van der Waals surface area (Å²) < 4.78 is 2.95. The molecule has 21 heavy (non-hydrogen) atoms. The fourth-order valence-corrected chi connectivity index (χ4v) is 1.90. The Morgan fingerprint density at radius 2 is 2.05 bits per heavy atom. The molecule has 0 spiro atoms. The van der Waals surface area contributed by atoms with Crippen molar-refractivity contribution in [2.45, 2.75) is 0 Å². The second kappa shape index (κ2) is 5.04. The number of nitrogens with two attached hydrogens (primary N) is 1. The van der Waals surface area contributed by atoms with E-state index in [9.17, 15) is 4.79 Å². The van der Waals surface area contributed by atoms with Crippen LogP contribution in [0.25, 0.3) is 5.69 Å². The van der Waals surface area contributed by atoms with Gasteiger partial charge in [-0.3, -0.25) is 9.48 Å². The summed E-state index contributed by atoms with van der Waals surface area (Å²) in [5.41, 5.74) is 7.79. The smallest absolute Gasteiger partial charge is 0.276 e. The molecule has 3 aromatic rings. The van der Waals surface area contributed by atoms with Crippen LogP contribution in [-0.4, -0.2) is 35.9 Å². The lowest BCUT2D eigenvalue weighted by atomic mass is 10.2. The van der Waals surface area contributed by atoms with E-state index in [1.807, 2.05) is 0 Å². The van der Waals surface area contributed by atoms with E-state index in [2.05, 4.69) is 25.9 Å². The van der Waals surface area contributed by atoms with Crippen LogP contribution >= 0.6 is 0 Å². The zero-order chi connectivity index (χ0) is 14.8. The predicted octanol–water partition coefficient (Wildman–Crippen LogP) is 0.230. The third-order valence-corrected chi connectivity index (χ3v) is 2.92. The molecule has 2 heterocycles. The lowest BCUT2D eigenvalue weighted by molar-refractivity contribution is 0.101. The number of benzene rings is 1. The number of amides is 1. The molecule has 3 N–H and O–H groups in total. The minimum absolute atomic E-state index is 0.317. The van der Waals surface area contributed by atoms with Crippen molar-refractivity contribution >= 4 is 17.3 Å². The maximum atomic E-state index is 12.1. The average molecular weight is 284 g/mol. The van der Waals surface area contributed by atoms with Gasteiger partial charge in [0.05, 0.1) is 17.6 Å². The molecule has 0 bridgehead atoms. The lowest BCUT2D eigenvalue weighted by Crippen LogP contribution is -2.17. The summed E-state index contributed by atoms with van der Waals surface area (Å²) in [7, 11) is 1.66. The molecule has 9 heteroatoms. The molecule has 0 aliphatic heterocycles. The van der Waals surface area contributed by atoms with Gasteiger partial charge in [-0.05, 0) is 34.7 Å². The van der Waals surface area contributed by atoms with Crippen LogP contribution in [-0.2, 0) is 7.05 Å². The number of aryl methyl sites for hydroxylation is 1. The van der Waals surface area contributed by atoms with E-state index >= 15 is 0 Å². The minimum atomic E-state index is -0.317. The highest BCUT2D eigenvalue weighted by Gasteiger charge is 2.14. The van der Waals surface area contributed by atoms with Gasteiger partial charge in [0.1, 0.15) is 12.0 Å². The van der Waals surface area contributed by atoms with Crippen molar-refractivity contribution in [2.24, 2.45) is 7.05 Å². The molecule has 0 fully saturated rings. The van der Waals surface area contributed by atoms with Crippen molar-refractivity contribution < 1.29 is 4.79 Å². The molecule has 1 amide bonds. The number of hydrogen-bond donors (Lipinski definition) is 2. The number of nitrogens with zero attached hydrogens (tertiary/aromatic N) is 6. The first-order valence-corrected chi connectivity index (χ1v) is 6.07. The second-order valence-electron chi connectivity index (χ2n) is 4.33. The molecule has 0 unspecified atom stereocenters. The van der Waals surface area contributed by atoms with Gasteiger partial charge in [0.15, 0.2) is 0 Å². The Kier molecular flexibility index (Phi) is 3.07. The van der Waals surface area contributed by atoms with Crippen LogP contribution in [0.5, 0.6) is 0 Å². The lowest BCUT2D eigenvalue weighted by Gasteiger charge is -2.07. The zero-order valence-corrected chi connectivity index (χ0v) is 11.1. The van der Waals surface area contributed by atoms with E-state index in [1.54, 1.807) is 31.3 Å². The van der Waals surface area contributed by atoms with E-state index in [0.29, 0.717) is 17.1 Å². The summed E-state index contributed by atoms with van der Waals surface area (Å²) in [6, 6.07) is 7.08. The topological polar surface area (TPSA) is 117 Å². The van der Waals surface area contributed by atoms with E-state index in [1.165, 1.54) is 21.9 Å². The summed E-state index contributed by atoms with van der Waals surface area (Å²) in [6.45, 7) is 0. The van der Waals surface area contributed by atoms with Crippen LogP contribution in [0.1, 0.15) is 10.5 Å². The minimum Gasteiger partial charge on any atom is -0.396 e. The second-order valence-corrected chi connectivity index (χ2v) is 4.33. The molecule has 0 aliphatic carbocycles. The van der Waals surface area contributed by atoms with Crippen molar-refractivity contribution in [3.05, 3.63) is 42.5 Å². The fraction of sp³-hybridized carbons (Fsp3) is 0.0833. The number of tetrazole rings is 1. The maximum absolute atomic E-state index is 12.1. The SMILES string of the molecule is Cn1ncc(N)c1C(=O)Nc1ccc(-n2cnnn2)cc1. The Balaban J connectivity index is 1.78. The monoisotopic (exact) mass is 284 g/mol. The molecule has 0 radical (unpaired) electrons. The van der Waals surface area contributed by atoms with Crippen molar-refractivity contribution in [1.29, 1.82) is 0 Å². The molecule has 0 atom stereocenters. The van der Waals surface area contributed by atoms with Crippen molar-refractivity contribution in [3.8, 4) is 5.69 Å². The Morgan fingerprint density at radius 3 is 2.62 bits per heavy atom. The van der Waals surface area contributed by atoms with Gasteiger partial charge in [0, 0.05) is 12.7 Å². The molecule has 3 rings (SSSR count). The number of nitrogens with one attached hydrogen (secondary N) is 1.